The number of carbonyl (C=O) groups is 1. The molecule has 0 radical (unpaired) electrons. The highest BCUT2D eigenvalue weighted by Crippen LogP contribution is 2.22. The maximum Gasteiger partial charge on any atom is 0.279 e. The Balaban J connectivity index is 1.64. The number of ether oxygens (including phenoxy) is 1. The molecular weight excluding hydrogens is 392 g/mol. The van der Waals surface area contributed by atoms with Gasteiger partial charge in [0, 0.05) is 29.9 Å². The first kappa shape index (κ1) is 20.4. The first-order valence-corrected chi connectivity index (χ1v) is 10.1. The molecule has 0 saturated carbocycles. The van der Waals surface area contributed by atoms with E-state index in [-0.39, 0.29) is 11.7 Å². The van der Waals surface area contributed by atoms with E-state index in [0.29, 0.717) is 31.4 Å². The van der Waals surface area contributed by atoms with Crippen molar-refractivity contribution in [2.24, 2.45) is 4.99 Å². The third-order valence-corrected chi connectivity index (χ3v) is 4.83. The summed E-state index contributed by atoms with van der Waals surface area (Å²) in [5.41, 5.74) is 2.88. The minimum atomic E-state index is -0.184. The number of carbonyl (C=O) groups excluding carboxylic acids is 1. The van der Waals surface area contributed by atoms with E-state index in [4.69, 9.17) is 4.74 Å². The molecule has 0 bridgehead atoms. The quantitative estimate of drug-likeness (QED) is 0.453. The lowest BCUT2D eigenvalue weighted by Crippen LogP contribution is -2.38. The van der Waals surface area contributed by atoms with Gasteiger partial charge in [0.25, 0.3) is 5.91 Å². The van der Waals surface area contributed by atoms with Crippen LogP contribution < -0.4 is 5.32 Å². The molecule has 1 aliphatic rings. The molecule has 0 unspecified atom stereocenters. The smallest absolute Gasteiger partial charge is 0.279 e. The van der Waals surface area contributed by atoms with Crippen LogP contribution in [0, 0.1) is 0 Å². The van der Waals surface area contributed by atoms with E-state index < -0.39 is 0 Å². The summed E-state index contributed by atoms with van der Waals surface area (Å²) in [6.45, 7) is 3.34. The highest BCUT2D eigenvalue weighted by atomic mass is 16.5. The van der Waals surface area contributed by atoms with Crippen LogP contribution >= 0.6 is 0 Å². The van der Waals surface area contributed by atoms with Gasteiger partial charge in [-0.05, 0) is 61.5 Å². The van der Waals surface area contributed by atoms with Gasteiger partial charge in [0.2, 0.25) is 5.96 Å². The van der Waals surface area contributed by atoms with Crippen molar-refractivity contribution in [3.63, 3.8) is 0 Å². The summed E-state index contributed by atoms with van der Waals surface area (Å²) >= 11 is 0. The number of aliphatic imine (C=N–C) groups is 1. The Hall–Kier alpha value is -3.84. The Morgan fingerprint density at radius 2 is 1.84 bits per heavy atom. The first-order valence-electron chi connectivity index (χ1n) is 10.1. The molecule has 7 nitrogen and oxygen atoms in total. The number of hydrogen-bond acceptors (Lipinski definition) is 5. The van der Waals surface area contributed by atoms with E-state index >= 15 is 0 Å². The lowest BCUT2D eigenvalue weighted by atomic mass is 10.2. The third-order valence-electron chi connectivity index (χ3n) is 4.83. The second-order valence-electron chi connectivity index (χ2n) is 6.93. The molecule has 2 aromatic carbocycles. The van der Waals surface area contributed by atoms with E-state index in [1.54, 1.807) is 23.1 Å². The van der Waals surface area contributed by atoms with Crippen molar-refractivity contribution in [3.05, 3.63) is 84.3 Å². The zero-order valence-electron chi connectivity index (χ0n) is 17.2. The standard InChI is InChI=1S/C24H24N4O3/c1-2-31-16-15-28-23(30)22(26-24(28)25-18-7-4-3-5-8-18)17-20-9-6-14-27(20)19-10-12-21(29)13-11-19/h3-14,17,29H,2,15-16H2,1H3,(H,25,26)/b22-17+. The molecule has 0 spiro atoms. The Morgan fingerprint density at radius 1 is 1.06 bits per heavy atom. The van der Waals surface area contributed by atoms with Gasteiger partial charge >= 0.3 is 0 Å². The predicted octanol–water partition coefficient (Wildman–Crippen LogP) is 3.87. The number of anilines is 1. The van der Waals surface area contributed by atoms with Gasteiger partial charge in [0.05, 0.1) is 13.2 Å². The number of nitrogens with zero attached hydrogens (tertiary/aromatic N) is 3. The van der Waals surface area contributed by atoms with E-state index in [0.717, 1.165) is 17.1 Å². The monoisotopic (exact) mass is 416 g/mol. The fourth-order valence-corrected chi connectivity index (χ4v) is 3.30. The molecule has 1 amide bonds. The van der Waals surface area contributed by atoms with Gasteiger partial charge in [-0.1, -0.05) is 18.2 Å². The van der Waals surface area contributed by atoms with Crippen molar-refractivity contribution in [2.75, 3.05) is 25.1 Å². The molecular formula is C24H24N4O3. The average Bonchev–Trinajstić information content (AvgIpc) is 3.35. The van der Waals surface area contributed by atoms with Crippen molar-refractivity contribution >= 4 is 23.6 Å². The second-order valence-corrected chi connectivity index (χ2v) is 6.93. The molecule has 0 saturated heterocycles. The van der Waals surface area contributed by atoms with Crippen molar-refractivity contribution in [3.8, 4) is 11.4 Å². The first-order chi connectivity index (χ1) is 15.2. The SMILES string of the molecule is CCOCCN1C(=O)/C(=C\c2cccn2-c2ccc(O)cc2)N=C1Nc1ccccc1. The van der Waals surface area contributed by atoms with Crippen LogP contribution in [0.3, 0.4) is 0 Å². The van der Waals surface area contributed by atoms with Gasteiger partial charge in [0.15, 0.2) is 0 Å². The van der Waals surface area contributed by atoms with Crippen LogP contribution in [0.25, 0.3) is 11.8 Å². The van der Waals surface area contributed by atoms with Gasteiger partial charge in [0.1, 0.15) is 11.4 Å². The summed E-state index contributed by atoms with van der Waals surface area (Å²) in [6, 6.07) is 20.3. The number of nitrogens with one attached hydrogen (secondary N) is 1. The van der Waals surface area contributed by atoms with E-state index in [1.165, 1.54) is 0 Å². The Bertz CT molecular complexity index is 1100. The third kappa shape index (κ3) is 4.67. The van der Waals surface area contributed by atoms with Crippen molar-refractivity contribution in [2.45, 2.75) is 6.92 Å². The maximum absolute atomic E-state index is 13.1. The number of amides is 1. The van der Waals surface area contributed by atoms with Crippen molar-refractivity contribution in [1.82, 2.24) is 9.47 Å². The van der Waals surface area contributed by atoms with Gasteiger partial charge < -0.3 is 19.7 Å². The van der Waals surface area contributed by atoms with Crippen molar-refractivity contribution < 1.29 is 14.6 Å². The van der Waals surface area contributed by atoms with Gasteiger partial charge in [-0.15, -0.1) is 0 Å². The van der Waals surface area contributed by atoms with E-state index in [2.05, 4.69) is 10.3 Å². The van der Waals surface area contributed by atoms with Crippen LogP contribution in [-0.2, 0) is 9.53 Å². The fraction of sp³-hybridized carbons (Fsp3) is 0.167. The highest BCUT2D eigenvalue weighted by molar-refractivity contribution is 6.17. The van der Waals surface area contributed by atoms with Crippen LogP contribution in [-0.4, -0.2) is 46.2 Å². The largest absolute Gasteiger partial charge is 0.508 e. The Labute approximate surface area is 180 Å². The number of hydrogen-bond donors (Lipinski definition) is 2. The molecule has 158 valence electrons. The van der Waals surface area contributed by atoms with Crippen LogP contribution in [0.2, 0.25) is 0 Å². The number of guanidine groups is 1. The topological polar surface area (TPSA) is 79.1 Å². The molecule has 1 aliphatic heterocycles. The maximum atomic E-state index is 13.1. The molecule has 31 heavy (non-hydrogen) atoms. The number of rotatable bonds is 7. The summed E-state index contributed by atoms with van der Waals surface area (Å²) in [5.74, 6) is 0.495. The van der Waals surface area contributed by atoms with Crippen LogP contribution in [0.1, 0.15) is 12.6 Å². The summed E-state index contributed by atoms with van der Waals surface area (Å²) in [5, 5.41) is 12.8. The summed E-state index contributed by atoms with van der Waals surface area (Å²) in [4.78, 5) is 19.3. The molecule has 1 aromatic heterocycles. The second kappa shape index (κ2) is 9.32. The van der Waals surface area contributed by atoms with Gasteiger partial charge in [-0.3, -0.25) is 9.69 Å². The Kier molecular flexibility index (Phi) is 6.14. The number of phenols is 1. The molecule has 2 heterocycles. The highest BCUT2D eigenvalue weighted by Gasteiger charge is 2.30. The lowest BCUT2D eigenvalue weighted by molar-refractivity contribution is -0.123. The summed E-state index contributed by atoms with van der Waals surface area (Å²) < 4.78 is 7.38. The molecule has 3 aromatic rings. The van der Waals surface area contributed by atoms with E-state index in [9.17, 15) is 9.90 Å². The number of phenolic OH excluding ortho intramolecular Hbond substituents is 1. The van der Waals surface area contributed by atoms with E-state index in [1.807, 2.05) is 72.3 Å². The van der Waals surface area contributed by atoms with Crippen LogP contribution in [0.4, 0.5) is 5.69 Å². The molecule has 0 aliphatic carbocycles. The molecule has 0 atom stereocenters. The van der Waals surface area contributed by atoms with Gasteiger partial charge in [-0.25, -0.2) is 4.99 Å². The molecule has 7 heteroatoms. The zero-order chi connectivity index (χ0) is 21.6. The van der Waals surface area contributed by atoms with Gasteiger partial charge in [-0.2, -0.15) is 0 Å². The molecule has 0 fully saturated rings. The minimum Gasteiger partial charge on any atom is -0.508 e. The molecule has 4 rings (SSSR count). The number of benzene rings is 2. The van der Waals surface area contributed by atoms with Crippen LogP contribution in [0.5, 0.6) is 5.75 Å². The minimum absolute atomic E-state index is 0.184. The van der Waals surface area contributed by atoms with Crippen molar-refractivity contribution in [1.29, 1.82) is 0 Å². The Morgan fingerprint density at radius 3 is 2.58 bits per heavy atom. The lowest BCUT2D eigenvalue weighted by Gasteiger charge is -2.19. The number of para-hydroxylation sites is 1. The fourth-order valence-electron chi connectivity index (χ4n) is 3.30. The normalized spacial score (nSPS) is 14.9. The summed E-state index contributed by atoms with van der Waals surface area (Å²) in [6.07, 6.45) is 3.67. The zero-order valence-corrected chi connectivity index (χ0v) is 17.2. The van der Waals surface area contributed by atoms with Crippen LogP contribution in [0.15, 0.2) is 83.6 Å². The number of aromatic nitrogens is 1. The predicted molar refractivity (Wildman–Crippen MR) is 121 cm³/mol. The summed E-state index contributed by atoms with van der Waals surface area (Å²) in [7, 11) is 0. The number of aromatic hydroxyl groups is 1. The average molecular weight is 416 g/mol. The molecule has 2 N–H and O–H groups in total.